The Bertz CT molecular complexity index is 1350. The number of para-hydroxylation sites is 1. The fraction of sp³-hybridized carbons (Fsp3) is 0.185. The fourth-order valence-corrected chi connectivity index (χ4v) is 3.83. The summed E-state index contributed by atoms with van der Waals surface area (Å²) in [5.74, 6) is -0.222. The Morgan fingerprint density at radius 1 is 0.939 bits per heavy atom. The van der Waals surface area contributed by atoms with Gasteiger partial charge in [-0.2, -0.15) is 0 Å². The minimum absolute atomic E-state index is 0.0189. The summed E-state index contributed by atoms with van der Waals surface area (Å²) < 4.78 is 11.0. The van der Waals surface area contributed by atoms with E-state index >= 15 is 0 Å². The minimum atomic E-state index is -0.394. The molecule has 0 saturated carbocycles. The van der Waals surface area contributed by atoms with Gasteiger partial charge >= 0.3 is 0 Å². The molecule has 1 amide bonds. The number of halogens is 1. The van der Waals surface area contributed by atoms with E-state index in [1.54, 1.807) is 42.5 Å². The quantitative estimate of drug-likeness (QED) is 0.329. The van der Waals surface area contributed by atoms with Crippen LogP contribution in [0.2, 0.25) is 5.02 Å². The predicted molar refractivity (Wildman–Crippen MR) is 131 cm³/mol. The predicted octanol–water partition coefficient (Wildman–Crippen LogP) is 6.88. The third-order valence-electron chi connectivity index (χ3n) is 5.47. The van der Waals surface area contributed by atoms with E-state index in [1.165, 1.54) is 13.2 Å². The van der Waals surface area contributed by atoms with Crippen molar-refractivity contribution in [2.24, 2.45) is 0 Å². The van der Waals surface area contributed by atoms with Crippen LogP contribution in [0, 0.1) is 0 Å². The van der Waals surface area contributed by atoms with E-state index in [0.29, 0.717) is 38.6 Å². The molecule has 0 radical (unpaired) electrons. The molecule has 4 aromatic rings. The normalized spacial score (nSPS) is 11.4. The lowest BCUT2D eigenvalue weighted by atomic mass is 9.86. The highest BCUT2D eigenvalue weighted by molar-refractivity contribution is 6.32. The number of benzene rings is 3. The Morgan fingerprint density at radius 3 is 2.24 bits per heavy atom. The van der Waals surface area contributed by atoms with Crippen LogP contribution in [0.15, 0.2) is 71.1 Å². The van der Waals surface area contributed by atoms with E-state index in [4.69, 9.17) is 20.8 Å². The summed E-state index contributed by atoms with van der Waals surface area (Å²) in [6.45, 7) is 6.34. The molecule has 33 heavy (non-hydrogen) atoms. The summed E-state index contributed by atoms with van der Waals surface area (Å²) in [6, 6.07) is 19.4. The summed E-state index contributed by atoms with van der Waals surface area (Å²) in [5, 5.41) is 3.83. The fourth-order valence-electron chi connectivity index (χ4n) is 3.58. The van der Waals surface area contributed by atoms with Crippen molar-refractivity contribution in [3.63, 3.8) is 0 Å². The van der Waals surface area contributed by atoms with E-state index in [-0.39, 0.29) is 17.1 Å². The number of amides is 1. The number of nitrogens with one attached hydrogen (secondary N) is 1. The van der Waals surface area contributed by atoms with Gasteiger partial charge in [0.05, 0.1) is 17.8 Å². The van der Waals surface area contributed by atoms with Crippen LogP contribution in [-0.4, -0.2) is 18.8 Å². The Hall–Kier alpha value is -3.57. The van der Waals surface area contributed by atoms with Gasteiger partial charge in [-0.3, -0.25) is 9.59 Å². The van der Waals surface area contributed by atoms with Crippen molar-refractivity contribution >= 4 is 39.9 Å². The molecule has 168 valence electrons. The zero-order valence-electron chi connectivity index (χ0n) is 18.9. The highest BCUT2D eigenvalue weighted by atomic mass is 35.5. The van der Waals surface area contributed by atoms with Gasteiger partial charge in [-0.25, -0.2) is 0 Å². The number of ether oxygens (including phenoxy) is 1. The summed E-state index contributed by atoms with van der Waals surface area (Å²) in [6.07, 6.45) is 0. The molecule has 0 spiro atoms. The zero-order chi connectivity index (χ0) is 23.8. The first-order valence-corrected chi connectivity index (χ1v) is 10.9. The molecule has 0 aliphatic carbocycles. The lowest BCUT2D eigenvalue weighted by Gasteiger charge is -2.19. The Balaban J connectivity index is 1.72. The van der Waals surface area contributed by atoms with Crippen LogP contribution in [0.3, 0.4) is 0 Å². The third-order valence-corrected chi connectivity index (χ3v) is 5.76. The number of methoxy groups -OCH3 is 1. The average Bonchev–Trinajstić information content (AvgIpc) is 3.16. The van der Waals surface area contributed by atoms with Crippen molar-refractivity contribution in [3.05, 3.63) is 94.2 Å². The number of rotatable bonds is 5. The molecule has 0 bridgehead atoms. The van der Waals surface area contributed by atoms with Crippen molar-refractivity contribution < 1.29 is 18.7 Å². The molecular formula is C27H24ClNO4. The van der Waals surface area contributed by atoms with Crippen LogP contribution in [0.5, 0.6) is 5.75 Å². The van der Waals surface area contributed by atoms with Gasteiger partial charge in [-0.15, -0.1) is 0 Å². The molecule has 0 unspecified atom stereocenters. The topological polar surface area (TPSA) is 68.5 Å². The highest BCUT2D eigenvalue weighted by Gasteiger charge is 2.24. The van der Waals surface area contributed by atoms with E-state index < -0.39 is 5.78 Å². The maximum atomic E-state index is 13.3. The molecule has 4 rings (SSSR count). The number of carbonyl (C=O) groups is 2. The molecule has 1 aromatic heterocycles. The standard InChI is InChI=1S/C27H24ClNO4/c1-27(2,3)18-12-9-16(10-13-18)26(31)29-23-19-7-5-6-8-21(19)33-25(23)24(30)17-11-14-22(32-4)20(28)15-17/h5-15H,1-4H3,(H,29,31). The molecule has 1 N–H and O–H groups in total. The lowest BCUT2D eigenvalue weighted by Crippen LogP contribution is -2.15. The number of furan rings is 1. The molecule has 0 aliphatic heterocycles. The van der Waals surface area contributed by atoms with Crippen molar-refractivity contribution in [2.75, 3.05) is 12.4 Å². The molecular weight excluding hydrogens is 438 g/mol. The van der Waals surface area contributed by atoms with Gasteiger partial charge in [-0.05, 0) is 53.4 Å². The number of hydrogen-bond donors (Lipinski definition) is 1. The molecule has 0 fully saturated rings. The maximum Gasteiger partial charge on any atom is 0.255 e. The second-order valence-electron chi connectivity index (χ2n) is 8.76. The van der Waals surface area contributed by atoms with Gasteiger partial charge in [0.1, 0.15) is 11.3 Å². The highest BCUT2D eigenvalue weighted by Crippen LogP contribution is 2.34. The monoisotopic (exact) mass is 461 g/mol. The summed E-state index contributed by atoms with van der Waals surface area (Å²) in [5.41, 5.74) is 2.74. The van der Waals surface area contributed by atoms with Gasteiger partial charge in [0, 0.05) is 16.5 Å². The first-order chi connectivity index (χ1) is 15.7. The van der Waals surface area contributed by atoms with Gasteiger partial charge in [0.2, 0.25) is 5.78 Å². The zero-order valence-corrected chi connectivity index (χ0v) is 19.6. The van der Waals surface area contributed by atoms with E-state index in [9.17, 15) is 9.59 Å². The van der Waals surface area contributed by atoms with Crippen molar-refractivity contribution in [1.82, 2.24) is 0 Å². The van der Waals surface area contributed by atoms with Crippen molar-refractivity contribution in [2.45, 2.75) is 26.2 Å². The largest absolute Gasteiger partial charge is 0.495 e. The van der Waals surface area contributed by atoms with E-state index in [0.717, 1.165) is 5.56 Å². The van der Waals surface area contributed by atoms with Crippen LogP contribution in [0.1, 0.15) is 52.8 Å². The molecule has 1 heterocycles. The van der Waals surface area contributed by atoms with Crippen LogP contribution < -0.4 is 10.1 Å². The Kier molecular flexibility index (Phi) is 6.00. The molecule has 0 aliphatic rings. The number of anilines is 1. The van der Waals surface area contributed by atoms with E-state index in [1.807, 2.05) is 18.2 Å². The van der Waals surface area contributed by atoms with Gasteiger partial charge < -0.3 is 14.5 Å². The average molecular weight is 462 g/mol. The number of hydrogen-bond acceptors (Lipinski definition) is 4. The van der Waals surface area contributed by atoms with Crippen molar-refractivity contribution in [3.8, 4) is 5.75 Å². The Morgan fingerprint density at radius 2 is 1.61 bits per heavy atom. The van der Waals surface area contributed by atoms with Crippen LogP contribution >= 0.6 is 11.6 Å². The summed E-state index contributed by atoms with van der Waals surface area (Å²) in [7, 11) is 1.50. The maximum absolute atomic E-state index is 13.3. The van der Waals surface area contributed by atoms with Gasteiger partial charge in [0.15, 0.2) is 5.76 Å². The van der Waals surface area contributed by atoms with Crippen LogP contribution in [-0.2, 0) is 5.41 Å². The summed E-state index contributed by atoms with van der Waals surface area (Å²) in [4.78, 5) is 26.4. The second kappa shape index (κ2) is 8.75. The number of fused-ring (bicyclic) bond motifs is 1. The molecule has 6 heteroatoms. The van der Waals surface area contributed by atoms with Crippen LogP contribution in [0.4, 0.5) is 5.69 Å². The number of ketones is 1. The van der Waals surface area contributed by atoms with Crippen LogP contribution in [0.25, 0.3) is 11.0 Å². The summed E-state index contributed by atoms with van der Waals surface area (Å²) >= 11 is 6.21. The lowest BCUT2D eigenvalue weighted by molar-refractivity contribution is 0.101. The molecule has 5 nitrogen and oxygen atoms in total. The molecule has 0 saturated heterocycles. The van der Waals surface area contributed by atoms with Crippen molar-refractivity contribution in [1.29, 1.82) is 0 Å². The minimum Gasteiger partial charge on any atom is -0.495 e. The SMILES string of the molecule is COc1ccc(C(=O)c2oc3ccccc3c2NC(=O)c2ccc(C(C)(C)C)cc2)cc1Cl. The molecule has 3 aromatic carbocycles. The third kappa shape index (κ3) is 4.50. The van der Waals surface area contributed by atoms with E-state index in [2.05, 4.69) is 26.1 Å². The smallest absolute Gasteiger partial charge is 0.255 e. The molecule has 0 atom stereocenters. The number of carbonyl (C=O) groups excluding carboxylic acids is 2. The second-order valence-corrected chi connectivity index (χ2v) is 9.17. The van der Waals surface area contributed by atoms with Gasteiger partial charge in [0.25, 0.3) is 5.91 Å². The Labute approximate surface area is 197 Å². The first kappa shape index (κ1) is 22.6. The first-order valence-electron chi connectivity index (χ1n) is 10.5. The van der Waals surface area contributed by atoms with Gasteiger partial charge in [-0.1, -0.05) is 56.6 Å².